The first-order chi connectivity index (χ1) is 9.43. The van der Waals surface area contributed by atoms with Crippen LogP contribution >= 0.6 is 0 Å². The van der Waals surface area contributed by atoms with Crippen LogP contribution in [0.3, 0.4) is 0 Å². The molecule has 2 heterocycles. The predicted octanol–water partition coefficient (Wildman–Crippen LogP) is 2.63. The Morgan fingerprint density at radius 1 is 1.40 bits per heavy atom. The summed E-state index contributed by atoms with van der Waals surface area (Å²) in [5.41, 5.74) is -0.798. The lowest BCUT2D eigenvalue weighted by Crippen LogP contribution is -2.45. The first-order valence-corrected chi connectivity index (χ1v) is 6.31. The van der Waals surface area contributed by atoms with Crippen LogP contribution in [0.4, 0.5) is 19.0 Å². The number of aromatic nitrogens is 1. The first-order valence-electron chi connectivity index (χ1n) is 6.31. The van der Waals surface area contributed by atoms with Crippen molar-refractivity contribution in [3.8, 4) is 0 Å². The Balaban J connectivity index is 2.22. The summed E-state index contributed by atoms with van der Waals surface area (Å²) in [6, 6.07) is 1.80. The van der Waals surface area contributed by atoms with Crippen LogP contribution in [-0.4, -0.2) is 30.6 Å². The molecule has 1 fully saturated rings. The Hall–Kier alpha value is -1.79. The average molecular weight is 288 g/mol. The zero-order valence-corrected chi connectivity index (χ0v) is 11.0. The summed E-state index contributed by atoms with van der Waals surface area (Å²) < 4.78 is 42.2. The lowest BCUT2D eigenvalue weighted by Gasteiger charge is -2.34. The maximum absolute atomic E-state index is 12.5. The number of ether oxygens (including phenoxy) is 1. The smallest absolute Gasteiger partial charge is 0.417 e. The molecular weight excluding hydrogens is 273 g/mol. The molecule has 2 rings (SSSR count). The predicted molar refractivity (Wildman–Crippen MR) is 66.2 cm³/mol. The van der Waals surface area contributed by atoms with Crippen LogP contribution in [0.15, 0.2) is 18.3 Å². The number of carbonyl (C=O) groups excluding carboxylic acids is 1. The number of nitrogens with zero attached hydrogens (tertiary/aromatic N) is 2. The zero-order chi connectivity index (χ0) is 14.8. The van der Waals surface area contributed by atoms with Crippen molar-refractivity contribution in [3.05, 3.63) is 23.9 Å². The van der Waals surface area contributed by atoms with Gasteiger partial charge in [0, 0.05) is 12.7 Å². The summed E-state index contributed by atoms with van der Waals surface area (Å²) in [7, 11) is 1.30. The van der Waals surface area contributed by atoms with E-state index in [1.165, 1.54) is 13.2 Å². The second-order valence-electron chi connectivity index (χ2n) is 4.63. The molecule has 7 heteroatoms. The number of rotatable bonds is 2. The second-order valence-corrected chi connectivity index (χ2v) is 4.63. The fraction of sp³-hybridized carbons (Fsp3) is 0.538. The molecule has 20 heavy (non-hydrogen) atoms. The number of anilines is 1. The number of esters is 1. The third-order valence-electron chi connectivity index (χ3n) is 3.35. The van der Waals surface area contributed by atoms with Crippen molar-refractivity contribution in [2.75, 3.05) is 18.6 Å². The number of pyridine rings is 1. The topological polar surface area (TPSA) is 42.4 Å². The fourth-order valence-corrected chi connectivity index (χ4v) is 2.31. The minimum absolute atomic E-state index is 0.369. The molecule has 0 spiro atoms. The summed E-state index contributed by atoms with van der Waals surface area (Å²) in [5, 5.41) is 0. The van der Waals surface area contributed by atoms with Gasteiger partial charge in [0.05, 0.1) is 12.7 Å². The Morgan fingerprint density at radius 2 is 2.15 bits per heavy atom. The number of carbonyl (C=O) groups is 1. The molecule has 0 amide bonds. The summed E-state index contributed by atoms with van der Waals surface area (Å²) in [6.45, 7) is 0.581. The van der Waals surface area contributed by atoms with E-state index in [1.807, 2.05) is 0 Å². The maximum Gasteiger partial charge on any atom is 0.417 e. The van der Waals surface area contributed by atoms with Gasteiger partial charge in [-0.1, -0.05) is 0 Å². The molecule has 1 atom stereocenters. The highest BCUT2D eigenvalue weighted by Crippen LogP contribution is 2.30. The van der Waals surface area contributed by atoms with Crippen LogP contribution in [0.5, 0.6) is 0 Å². The Morgan fingerprint density at radius 3 is 2.70 bits per heavy atom. The van der Waals surface area contributed by atoms with E-state index in [-0.39, 0.29) is 5.97 Å². The van der Waals surface area contributed by atoms with Crippen molar-refractivity contribution in [3.63, 3.8) is 0 Å². The molecule has 0 radical (unpaired) electrons. The van der Waals surface area contributed by atoms with Gasteiger partial charge in [-0.15, -0.1) is 0 Å². The van der Waals surface area contributed by atoms with Crippen molar-refractivity contribution in [2.45, 2.75) is 31.5 Å². The Bertz CT molecular complexity index is 473. The Labute approximate surface area is 114 Å². The highest BCUT2D eigenvalue weighted by molar-refractivity contribution is 5.79. The standard InChI is InChI=1S/C13H15F3N2O2/c1-20-12(19)10-4-2-3-7-18(10)11-6-5-9(8-17-11)13(14,15)16/h5-6,8,10H,2-4,7H2,1H3. The van der Waals surface area contributed by atoms with Gasteiger partial charge in [0.15, 0.2) is 0 Å². The third-order valence-corrected chi connectivity index (χ3v) is 3.35. The molecule has 0 saturated carbocycles. The summed E-state index contributed by atoms with van der Waals surface area (Å²) in [5.74, 6) is -0.0144. The molecule has 1 saturated heterocycles. The molecule has 1 aromatic rings. The lowest BCUT2D eigenvalue weighted by molar-refractivity contribution is -0.143. The normalized spacial score (nSPS) is 19.8. The quantitative estimate of drug-likeness (QED) is 0.785. The Kier molecular flexibility index (Phi) is 4.15. The largest absolute Gasteiger partial charge is 0.467 e. The second kappa shape index (κ2) is 5.68. The van der Waals surface area contributed by atoms with Gasteiger partial charge >= 0.3 is 12.1 Å². The molecule has 4 nitrogen and oxygen atoms in total. The minimum Gasteiger partial charge on any atom is -0.467 e. The van der Waals surface area contributed by atoms with Gasteiger partial charge in [-0.3, -0.25) is 0 Å². The molecule has 0 aliphatic carbocycles. The van der Waals surface area contributed by atoms with E-state index in [9.17, 15) is 18.0 Å². The molecule has 0 aromatic carbocycles. The van der Waals surface area contributed by atoms with Crippen LogP contribution in [0.25, 0.3) is 0 Å². The van der Waals surface area contributed by atoms with E-state index in [1.54, 1.807) is 4.90 Å². The lowest BCUT2D eigenvalue weighted by atomic mass is 10.0. The average Bonchev–Trinajstić information content (AvgIpc) is 2.45. The molecule has 1 unspecified atom stereocenters. The van der Waals surface area contributed by atoms with E-state index in [2.05, 4.69) is 4.98 Å². The van der Waals surface area contributed by atoms with Crippen LogP contribution in [0.1, 0.15) is 24.8 Å². The van der Waals surface area contributed by atoms with Crippen LogP contribution in [0, 0.1) is 0 Å². The van der Waals surface area contributed by atoms with Gasteiger partial charge in [-0.25, -0.2) is 9.78 Å². The summed E-state index contributed by atoms with van der Waals surface area (Å²) in [6.07, 6.45) is -1.24. The van der Waals surface area contributed by atoms with Crippen LogP contribution < -0.4 is 4.90 Å². The number of hydrogen-bond acceptors (Lipinski definition) is 4. The zero-order valence-electron chi connectivity index (χ0n) is 11.0. The van der Waals surface area contributed by atoms with Crippen molar-refractivity contribution >= 4 is 11.8 Å². The fourth-order valence-electron chi connectivity index (χ4n) is 2.31. The molecule has 1 aliphatic heterocycles. The molecule has 1 aromatic heterocycles. The van der Waals surface area contributed by atoms with Gasteiger partial charge in [-0.2, -0.15) is 13.2 Å². The van der Waals surface area contributed by atoms with Gasteiger partial charge in [0.25, 0.3) is 0 Å². The molecular formula is C13H15F3N2O2. The van der Waals surface area contributed by atoms with Crippen molar-refractivity contribution < 1.29 is 22.7 Å². The van der Waals surface area contributed by atoms with Crippen molar-refractivity contribution in [1.29, 1.82) is 0 Å². The number of halogens is 3. The molecule has 1 aliphatic rings. The highest BCUT2D eigenvalue weighted by Gasteiger charge is 2.33. The minimum atomic E-state index is -4.41. The summed E-state index contributed by atoms with van der Waals surface area (Å²) >= 11 is 0. The molecule has 0 N–H and O–H groups in total. The summed E-state index contributed by atoms with van der Waals surface area (Å²) in [4.78, 5) is 17.2. The number of alkyl halides is 3. The first kappa shape index (κ1) is 14.6. The van der Waals surface area contributed by atoms with E-state index < -0.39 is 17.8 Å². The third kappa shape index (κ3) is 3.02. The van der Waals surface area contributed by atoms with Crippen molar-refractivity contribution in [2.24, 2.45) is 0 Å². The highest BCUT2D eigenvalue weighted by atomic mass is 19.4. The number of piperidine rings is 1. The SMILES string of the molecule is COC(=O)C1CCCCN1c1ccc(C(F)(F)F)cn1. The monoisotopic (exact) mass is 288 g/mol. The van der Waals surface area contributed by atoms with E-state index in [0.29, 0.717) is 18.8 Å². The van der Waals surface area contributed by atoms with Gasteiger partial charge in [0.1, 0.15) is 11.9 Å². The van der Waals surface area contributed by atoms with Crippen LogP contribution in [-0.2, 0) is 15.7 Å². The molecule has 110 valence electrons. The van der Waals surface area contributed by atoms with E-state index in [4.69, 9.17) is 4.74 Å². The van der Waals surface area contributed by atoms with E-state index >= 15 is 0 Å². The van der Waals surface area contributed by atoms with Crippen molar-refractivity contribution in [1.82, 2.24) is 4.98 Å². The number of methoxy groups -OCH3 is 1. The molecule has 0 bridgehead atoms. The van der Waals surface area contributed by atoms with Gasteiger partial charge in [-0.05, 0) is 31.4 Å². The van der Waals surface area contributed by atoms with Gasteiger partial charge < -0.3 is 9.64 Å². The van der Waals surface area contributed by atoms with E-state index in [0.717, 1.165) is 25.1 Å². The van der Waals surface area contributed by atoms with Gasteiger partial charge in [0.2, 0.25) is 0 Å². The van der Waals surface area contributed by atoms with Crippen LogP contribution in [0.2, 0.25) is 0 Å². The number of hydrogen-bond donors (Lipinski definition) is 0. The maximum atomic E-state index is 12.5.